The minimum atomic E-state index is 0.453. The van der Waals surface area contributed by atoms with Gasteiger partial charge in [-0.1, -0.05) is 29.8 Å². The van der Waals surface area contributed by atoms with Crippen LogP contribution in [0.4, 0.5) is 0 Å². The Balaban J connectivity index is 1.32. The Morgan fingerprint density at radius 1 is 0.955 bits per heavy atom. The van der Waals surface area contributed by atoms with Gasteiger partial charge >= 0.3 is 0 Å². The topological polar surface area (TPSA) is 42.2 Å². The Bertz CT molecular complexity index is 622. The van der Waals surface area contributed by atoms with Crippen LogP contribution in [0, 0.1) is 6.92 Å². The number of aryl methyl sites for hydroxylation is 1. The van der Waals surface area contributed by atoms with Crippen molar-refractivity contribution in [2.45, 2.75) is 51.0 Å². The van der Waals surface area contributed by atoms with Crippen molar-refractivity contribution in [2.24, 2.45) is 0 Å². The summed E-state index contributed by atoms with van der Waals surface area (Å²) in [5.41, 5.74) is 2.73. The summed E-state index contributed by atoms with van der Waals surface area (Å²) in [6, 6.07) is 8.86. The number of hydrogen-bond donors (Lipinski definition) is 0. The molecule has 1 aromatic heterocycles. The molecule has 116 valence electrons. The Morgan fingerprint density at radius 3 is 2.14 bits per heavy atom. The highest BCUT2D eigenvalue weighted by Crippen LogP contribution is 2.40. The molecule has 1 aliphatic carbocycles. The molecule has 0 amide bonds. The number of aromatic nitrogens is 2. The maximum Gasteiger partial charge on any atom is 0.219 e. The summed E-state index contributed by atoms with van der Waals surface area (Å²) in [5, 5.41) is 8.50. The largest absolute Gasteiger partial charge is 0.425 e. The molecule has 0 radical (unpaired) electrons. The molecule has 2 heterocycles. The summed E-state index contributed by atoms with van der Waals surface area (Å²) in [4.78, 5) is 2.53. The molecule has 1 aliphatic heterocycles. The average Bonchev–Trinajstić information content (AvgIpc) is 3.28. The summed E-state index contributed by atoms with van der Waals surface area (Å²) < 4.78 is 5.87. The molecule has 4 rings (SSSR count). The van der Waals surface area contributed by atoms with Gasteiger partial charge in [-0.3, -0.25) is 4.90 Å². The lowest BCUT2D eigenvalue weighted by Crippen LogP contribution is -2.32. The predicted molar refractivity (Wildman–Crippen MR) is 84.7 cm³/mol. The number of benzene rings is 1. The fraction of sp³-hybridized carbons (Fsp3) is 0.556. The molecule has 4 heteroatoms. The van der Waals surface area contributed by atoms with E-state index in [1.54, 1.807) is 0 Å². The lowest BCUT2D eigenvalue weighted by Gasteiger charge is -2.30. The molecular weight excluding hydrogens is 274 g/mol. The van der Waals surface area contributed by atoms with Crippen molar-refractivity contribution in [3.8, 4) is 0 Å². The lowest BCUT2D eigenvalue weighted by molar-refractivity contribution is 0.192. The third kappa shape index (κ3) is 3.07. The molecule has 0 bridgehead atoms. The second-order valence-electron chi connectivity index (χ2n) is 6.79. The molecule has 0 spiro atoms. The van der Waals surface area contributed by atoms with Gasteiger partial charge in [0.15, 0.2) is 0 Å². The summed E-state index contributed by atoms with van der Waals surface area (Å²) in [6.07, 6.45) is 4.68. The van der Waals surface area contributed by atoms with Crippen molar-refractivity contribution in [2.75, 3.05) is 13.1 Å². The summed E-state index contributed by atoms with van der Waals surface area (Å²) in [6.45, 7) is 5.40. The van der Waals surface area contributed by atoms with Crippen LogP contribution >= 0.6 is 0 Å². The Hall–Kier alpha value is -1.68. The van der Waals surface area contributed by atoms with Crippen molar-refractivity contribution >= 4 is 0 Å². The average molecular weight is 297 g/mol. The third-order valence-corrected chi connectivity index (χ3v) is 4.85. The van der Waals surface area contributed by atoms with Crippen LogP contribution in [-0.4, -0.2) is 28.2 Å². The van der Waals surface area contributed by atoms with Gasteiger partial charge in [0.25, 0.3) is 0 Å². The van der Waals surface area contributed by atoms with Crippen LogP contribution in [0.5, 0.6) is 0 Å². The molecule has 1 saturated heterocycles. The van der Waals surface area contributed by atoms with Crippen molar-refractivity contribution in [1.29, 1.82) is 0 Å². The second-order valence-corrected chi connectivity index (χ2v) is 6.79. The number of nitrogens with zero attached hydrogens (tertiary/aromatic N) is 3. The Morgan fingerprint density at radius 2 is 1.55 bits per heavy atom. The van der Waals surface area contributed by atoms with Gasteiger partial charge in [-0.25, -0.2) is 0 Å². The van der Waals surface area contributed by atoms with Gasteiger partial charge in [-0.2, -0.15) is 0 Å². The lowest BCUT2D eigenvalue weighted by atomic mass is 9.96. The number of hydrogen-bond acceptors (Lipinski definition) is 4. The highest BCUT2D eigenvalue weighted by molar-refractivity contribution is 5.21. The zero-order chi connectivity index (χ0) is 14.9. The molecule has 2 aliphatic rings. The third-order valence-electron chi connectivity index (χ3n) is 4.85. The van der Waals surface area contributed by atoms with E-state index in [9.17, 15) is 0 Å². The van der Waals surface area contributed by atoms with E-state index in [0.29, 0.717) is 11.8 Å². The van der Waals surface area contributed by atoms with Crippen molar-refractivity contribution in [1.82, 2.24) is 15.1 Å². The van der Waals surface area contributed by atoms with E-state index in [4.69, 9.17) is 4.42 Å². The van der Waals surface area contributed by atoms with E-state index in [1.807, 2.05) is 0 Å². The Kier molecular flexibility index (Phi) is 3.70. The van der Waals surface area contributed by atoms with Gasteiger partial charge in [-0.15, -0.1) is 10.2 Å². The zero-order valence-electron chi connectivity index (χ0n) is 13.2. The first-order chi connectivity index (χ1) is 10.8. The molecule has 0 unspecified atom stereocenters. The SMILES string of the molecule is Cc1ccc(CN2CCC(c3nnc(C4CC4)o3)CC2)cc1. The molecule has 0 N–H and O–H groups in total. The van der Waals surface area contributed by atoms with Crippen LogP contribution in [0.25, 0.3) is 0 Å². The van der Waals surface area contributed by atoms with Gasteiger partial charge in [0.2, 0.25) is 11.8 Å². The van der Waals surface area contributed by atoms with E-state index in [-0.39, 0.29) is 0 Å². The maximum atomic E-state index is 5.87. The van der Waals surface area contributed by atoms with Crippen LogP contribution in [0.1, 0.15) is 60.4 Å². The van der Waals surface area contributed by atoms with Crippen LogP contribution in [0.3, 0.4) is 0 Å². The van der Waals surface area contributed by atoms with Gasteiger partial charge in [0.05, 0.1) is 0 Å². The van der Waals surface area contributed by atoms with E-state index >= 15 is 0 Å². The van der Waals surface area contributed by atoms with E-state index < -0.39 is 0 Å². The molecule has 4 nitrogen and oxygen atoms in total. The standard InChI is InChI=1S/C18H23N3O/c1-13-2-4-14(5-3-13)12-21-10-8-16(9-11-21)18-20-19-17(22-18)15-6-7-15/h2-5,15-16H,6-12H2,1H3. The van der Waals surface area contributed by atoms with Crippen molar-refractivity contribution in [3.05, 3.63) is 47.2 Å². The molecule has 2 fully saturated rings. The molecule has 1 saturated carbocycles. The van der Waals surface area contributed by atoms with Gasteiger partial charge in [0, 0.05) is 18.4 Å². The first kappa shape index (κ1) is 13.9. The van der Waals surface area contributed by atoms with Crippen LogP contribution in [-0.2, 0) is 6.54 Å². The summed E-state index contributed by atoms with van der Waals surface area (Å²) in [5.74, 6) is 2.76. The highest BCUT2D eigenvalue weighted by Gasteiger charge is 2.31. The minimum absolute atomic E-state index is 0.453. The maximum absolute atomic E-state index is 5.87. The van der Waals surface area contributed by atoms with Crippen LogP contribution in [0.15, 0.2) is 28.7 Å². The summed E-state index contributed by atoms with van der Waals surface area (Å²) >= 11 is 0. The van der Waals surface area contributed by atoms with Gasteiger partial charge < -0.3 is 4.42 Å². The highest BCUT2D eigenvalue weighted by atomic mass is 16.4. The van der Waals surface area contributed by atoms with Gasteiger partial charge in [0.1, 0.15) is 0 Å². The van der Waals surface area contributed by atoms with E-state index in [2.05, 4.69) is 46.3 Å². The second kappa shape index (κ2) is 5.84. The molecule has 0 atom stereocenters. The first-order valence-corrected chi connectivity index (χ1v) is 8.39. The predicted octanol–water partition coefficient (Wildman–Crippen LogP) is 3.64. The molecular formula is C18H23N3O. The molecule has 1 aromatic carbocycles. The number of piperidine rings is 1. The van der Waals surface area contributed by atoms with E-state index in [0.717, 1.165) is 44.3 Å². The zero-order valence-corrected chi connectivity index (χ0v) is 13.2. The van der Waals surface area contributed by atoms with Gasteiger partial charge in [-0.05, 0) is 51.3 Å². The summed E-state index contributed by atoms with van der Waals surface area (Å²) in [7, 11) is 0. The molecule has 22 heavy (non-hydrogen) atoms. The smallest absolute Gasteiger partial charge is 0.219 e. The van der Waals surface area contributed by atoms with Crippen LogP contribution in [0.2, 0.25) is 0 Å². The van der Waals surface area contributed by atoms with Crippen LogP contribution < -0.4 is 0 Å². The monoisotopic (exact) mass is 297 g/mol. The molecule has 2 aromatic rings. The van der Waals surface area contributed by atoms with E-state index in [1.165, 1.54) is 24.0 Å². The first-order valence-electron chi connectivity index (χ1n) is 8.39. The normalized spacial score (nSPS) is 20.4. The number of likely N-dealkylation sites (tertiary alicyclic amines) is 1. The fourth-order valence-corrected chi connectivity index (χ4v) is 3.20. The fourth-order valence-electron chi connectivity index (χ4n) is 3.20. The quantitative estimate of drug-likeness (QED) is 0.864. The minimum Gasteiger partial charge on any atom is -0.425 e. The van der Waals surface area contributed by atoms with Crippen molar-refractivity contribution in [3.63, 3.8) is 0 Å². The Labute approximate surface area is 131 Å². The number of rotatable bonds is 4. The van der Waals surface area contributed by atoms with Crippen molar-refractivity contribution < 1.29 is 4.42 Å².